The quantitative estimate of drug-likeness (QED) is 0.826. The fourth-order valence-corrected chi connectivity index (χ4v) is 2.41. The van der Waals surface area contributed by atoms with Gasteiger partial charge in [-0.05, 0) is 24.8 Å². The molecule has 1 aliphatic carbocycles. The standard InChI is InChI=1S/C12H20N2O/c1-10-4-2-3-5-11(10)6-13-7-12-8-14-9-15-12/h8-11,13H,2-7H2,1H3. The molecule has 3 nitrogen and oxygen atoms in total. The largest absolute Gasteiger partial charge is 0.447 e. The molecule has 2 rings (SSSR count). The van der Waals surface area contributed by atoms with Crippen molar-refractivity contribution in [2.75, 3.05) is 6.54 Å². The van der Waals surface area contributed by atoms with Gasteiger partial charge in [0, 0.05) is 0 Å². The number of nitrogens with one attached hydrogen (secondary N) is 1. The molecule has 1 aromatic heterocycles. The van der Waals surface area contributed by atoms with Crippen molar-refractivity contribution in [3.05, 3.63) is 18.4 Å². The van der Waals surface area contributed by atoms with Crippen LogP contribution in [0, 0.1) is 11.8 Å². The van der Waals surface area contributed by atoms with Crippen LogP contribution in [0.5, 0.6) is 0 Å². The Labute approximate surface area is 91.3 Å². The smallest absolute Gasteiger partial charge is 0.180 e. The molecule has 1 saturated carbocycles. The number of oxazole rings is 1. The van der Waals surface area contributed by atoms with Crippen LogP contribution in [0.3, 0.4) is 0 Å². The Bertz CT molecular complexity index is 271. The normalized spacial score (nSPS) is 26.7. The molecule has 0 radical (unpaired) electrons. The predicted molar refractivity (Wildman–Crippen MR) is 59.3 cm³/mol. The lowest BCUT2D eigenvalue weighted by molar-refractivity contribution is 0.246. The molecule has 1 N–H and O–H groups in total. The van der Waals surface area contributed by atoms with Crippen LogP contribution in [0.1, 0.15) is 38.4 Å². The highest BCUT2D eigenvalue weighted by Crippen LogP contribution is 2.28. The first-order chi connectivity index (χ1) is 7.36. The third-order valence-electron chi connectivity index (χ3n) is 3.48. The second kappa shape index (κ2) is 5.31. The molecule has 1 fully saturated rings. The van der Waals surface area contributed by atoms with Gasteiger partial charge in [-0.3, -0.25) is 0 Å². The molecule has 0 aliphatic heterocycles. The topological polar surface area (TPSA) is 38.1 Å². The minimum absolute atomic E-state index is 0.809. The van der Waals surface area contributed by atoms with Crippen LogP contribution < -0.4 is 5.32 Å². The van der Waals surface area contributed by atoms with Gasteiger partial charge in [-0.2, -0.15) is 0 Å². The van der Waals surface area contributed by atoms with Crippen LogP contribution in [-0.2, 0) is 6.54 Å². The second-order valence-electron chi connectivity index (χ2n) is 4.62. The minimum atomic E-state index is 0.809. The molecule has 0 spiro atoms. The summed E-state index contributed by atoms with van der Waals surface area (Å²) in [6.45, 7) is 4.30. The molecule has 2 unspecified atom stereocenters. The van der Waals surface area contributed by atoms with E-state index < -0.39 is 0 Å². The molecular formula is C12H20N2O. The van der Waals surface area contributed by atoms with E-state index in [1.165, 1.54) is 32.1 Å². The third kappa shape index (κ3) is 3.06. The molecule has 1 heterocycles. The maximum Gasteiger partial charge on any atom is 0.180 e. The summed E-state index contributed by atoms with van der Waals surface area (Å²) in [5.41, 5.74) is 0. The van der Waals surface area contributed by atoms with Crippen LogP contribution in [0.4, 0.5) is 0 Å². The van der Waals surface area contributed by atoms with Crippen molar-refractivity contribution >= 4 is 0 Å². The fraction of sp³-hybridized carbons (Fsp3) is 0.750. The van der Waals surface area contributed by atoms with Gasteiger partial charge in [0.05, 0.1) is 12.7 Å². The Hall–Kier alpha value is -0.830. The zero-order valence-corrected chi connectivity index (χ0v) is 9.41. The number of rotatable bonds is 4. The van der Waals surface area contributed by atoms with Gasteiger partial charge in [0.25, 0.3) is 0 Å². The highest BCUT2D eigenvalue weighted by atomic mass is 16.3. The van der Waals surface area contributed by atoms with E-state index in [4.69, 9.17) is 4.42 Å². The highest BCUT2D eigenvalue weighted by Gasteiger charge is 2.20. The van der Waals surface area contributed by atoms with E-state index in [2.05, 4.69) is 17.2 Å². The average Bonchev–Trinajstić information content (AvgIpc) is 2.74. The zero-order valence-electron chi connectivity index (χ0n) is 9.41. The molecular weight excluding hydrogens is 188 g/mol. The van der Waals surface area contributed by atoms with Crippen molar-refractivity contribution < 1.29 is 4.42 Å². The molecule has 15 heavy (non-hydrogen) atoms. The van der Waals surface area contributed by atoms with E-state index in [0.29, 0.717) is 0 Å². The van der Waals surface area contributed by atoms with Crippen LogP contribution in [0.2, 0.25) is 0 Å². The first-order valence-electron chi connectivity index (χ1n) is 5.94. The van der Waals surface area contributed by atoms with E-state index in [-0.39, 0.29) is 0 Å². The molecule has 0 amide bonds. The van der Waals surface area contributed by atoms with Gasteiger partial charge in [-0.15, -0.1) is 0 Å². The number of hydrogen-bond acceptors (Lipinski definition) is 3. The third-order valence-corrected chi connectivity index (χ3v) is 3.48. The van der Waals surface area contributed by atoms with E-state index in [0.717, 1.165) is 30.7 Å². The monoisotopic (exact) mass is 208 g/mol. The molecule has 0 bridgehead atoms. The van der Waals surface area contributed by atoms with Gasteiger partial charge >= 0.3 is 0 Å². The van der Waals surface area contributed by atoms with Crippen LogP contribution in [-0.4, -0.2) is 11.5 Å². The first kappa shape index (κ1) is 10.7. The molecule has 2 atom stereocenters. The maximum atomic E-state index is 5.18. The highest BCUT2D eigenvalue weighted by molar-refractivity contribution is 4.87. The van der Waals surface area contributed by atoms with Gasteiger partial charge < -0.3 is 9.73 Å². The average molecular weight is 208 g/mol. The van der Waals surface area contributed by atoms with Crippen molar-refractivity contribution in [1.82, 2.24) is 10.3 Å². The number of hydrogen-bond donors (Lipinski definition) is 1. The van der Waals surface area contributed by atoms with Crippen LogP contribution in [0.25, 0.3) is 0 Å². The van der Waals surface area contributed by atoms with E-state index >= 15 is 0 Å². The van der Waals surface area contributed by atoms with E-state index in [9.17, 15) is 0 Å². The molecule has 1 aliphatic rings. The Morgan fingerprint density at radius 2 is 2.33 bits per heavy atom. The molecule has 84 valence electrons. The van der Waals surface area contributed by atoms with Crippen LogP contribution in [0.15, 0.2) is 17.0 Å². The van der Waals surface area contributed by atoms with Gasteiger partial charge in [-0.25, -0.2) is 4.98 Å². The summed E-state index contributed by atoms with van der Waals surface area (Å²) in [5, 5.41) is 3.45. The predicted octanol–water partition coefficient (Wildman–Crippen LogP) is 2.59. The summed E-state index contributed by atoms with van der Waals surface area (Å²) in [7, 11) is 0. The van der Waals surface area contributed by atoms with Gasteiger partial charge in [0.15, 0.2) is 6.39 Å². The molecule has 3 heteroatoms. The zero-order chi connectivity index (χ0) is 10.5. The van der Waals surface area contributed by atoms with Crippen molar-refractivity contribution in [2.24, 2.45) is 11.8 Å². The first-order valence-corrected chi connectivity index (χ1v) is 5.94. The Kier molecular flexibility index (Phi) is 3.78. The Balaban J connectivity index is 1.68. The lowest BCUT2D eigenvalue weighted by Crippen LogP contribution is -2.28. The lowest BCUT2D eigenvalue weighted by atomic mass is 9.80. The minimum Gasteiger partial charge on any atom is -0.447 e. The Morgan fingerprint density at radius 1 is 1.47 bits per heavy atom. The summed E-state index contributed by atoms with van der Waals surface area (Å²) in [6.07, 6.45) is 8.86. The molecule has 1 aromatic rings. The van der Waals surface area contributed by atoms with E-state index in [1.54, 1.807) is 6.20 Å². The number of nitrogens with zero attached hydrogens (tertiary/aromatic N) is 1. The van der Waals surface area contributed by atoms with Crippen molar-refractivity contribution in [3.8, 4) is 0 Å². The van der Waals surface area contributed by atoms with E-state index in [1.807, 2.05) is 0 Å². The Morgan fingerprint density at radius 3 is 3.07 bits per heavy atom. The molecule has 0 saturated heterocycles. The van der Waals surface area contributed by atoms with Crippen LogP contribution >= 0.6 is 0 Å². The lowest BCUT2D eigenvalue weighted by Gasteiger charge is -2.28. The van der Waals surface area contributed by atoms with Gasteiger partial charge in [-0.1, -0.05) is 26.2 Å². The maximum absolute atomic E-state index is 5.18. The molecule has 0 aromatic carbocycles. The van der Waals surface area contributed by atoms with Gasteiger partial charge in [0.1, 0.15) is 5.76 Å². The summed E-state index contributed by atoms with van der Waals surface area (Å²) in [4.78, 5) is 3.90. The summed E-state index contributed by atoms with van der Waals surface area (Å²) < 4.78 is 5.18. The second-order valence-corrected chi connectivity index (χ2v) is 4.62. The van der Waals surface area contributed by atoms with Gasteiger partial charge in [0.2, 0.25) is 0 Å². The van der Waals surface area contributed by atoms with Crippen molar-refractivity contribution in [2.45, 2.75) is 39.2 Å². The summed E-state index contributed by atoms with van der Waals surface area (Å²) >= 11 is 0. The number of aromatic nitrogens is 1. The summed E-state index contributed by atoms with van der Waals surface area (Å²) in [5.74, 6) is 2.65. The fourth-order valence-electron chi connectivity index (χ4n) is 2.41. The summed E-state index contributed by atoms with van der Waals surface area (Å²) in [6, 6.07) is 0. The van der Waals surface area contributed by atoms with Crippen molar-refractivity contribution in [3.63, 3.8) is 0 Å². The van der Waals surface area contributed by atoms with Crippen molar-refractivity contribution in [1.29, 1.82) is 0 Å². The SMILES string of the molecule is CC1CCCCC1CNCc1cnco1.